The molecule has 6 heteroatoms. The average molecular weight is 294 g/mol. The molecule has 0 amide bonds. The summed E-state index contributed by atoms with van der Waals surface area (Å²) in [4.78, 5) is 0. The lowest BCUT2D eigenvalue weighted by Gasteiger charge is -2.32. The highest BCUT2D eigenvalue weighted by molar-refractivity contribution is 6.78. The summed E-state index contributed by atoms with van der Waals surface area (Å²) in [7, 11) is -0.871. The Bertz CT molecular complexity index is 385. The minimum absolute atomic E-state index is 0.366. The summed E-state index contributed by atoms with van der Waals surface area (Å²) >= 11 is 0. The SMILES string of the molecule is CC=C(B1OC(C)(C)C(C)(C)O1)B1OC(C)(C)C(C)(C)O1. The van der Waals surface area contributed by atoms with E-state index in [2.05, 4.69) is 0 Å². The topological polar surface area (TPSA) is 36.9 Å². The molecule has 4 nitrogen and oxygen atoms in total. The van der Waals surface area contributed by atoms with E-state index in [9.17, 15) is 0 Å². The molecule has 2 saturated heterocycles. The predicted molar refractivity (Wildman–Crippen MR) is 85.9 cm³/mol. The van der Waals surface area contributed by atoms with E-state index < -0.39 is 14.2 Å². The quantitative estimate of drug-likeness (QED) is 0.733. The summed E-state index contributed by atoms with van der Waals surface area (Å²) in [6.45, 7) is 18.3. The van der Waals surface area contributed by atoms with Crippen LogP contribution in [-0.2, 0) is 18.6 Å². The fraction of sp³-hybridized carbons (Fsp3) is 0.867. The minimum Gasteiger partial charge on any atom is -0.400 e. The van der Waals surface area contributed by atoms with Gasteiger partial charge in [-0.15, -0.1) is 0 Å². The van der Waals surface area contributed by atoms with Crippen molar-refractivity contribution in [3.8, 4) is 0 Å². The molecule has 2 rings (SSSR count). The van der Waals surface area contributed by atoms with Crippen molar-refractivity contribution in [2.45, 2.75) is 84.7 Å². The van der Waals surface area contributed by atoms with E-state index in [1.54, 1.807) is 0 Å². The van der Waals surface area contributed by atoms with Gasteiger partial charge >= 0.3 is 14.2 Å². The van der Waals surface area contributed by atoms with Crippen molar-refractivity contribution < 1.29 is 18.6 Å². The lowest BCUT2D eigenvalue weighted by atomic mass is 9.57. The molecule has 0 radical (unpaired) electrons. The van der Waals surface area contributed by atoms with E-state index in [1.807, 2.05) is 68.4 Å². The first-order chi connectivity index (χ1) is 9.33. The van der Waals surface area contributed by atoms with Gasteiger partial charge in [-0.05, 0) is 67.7 Å². The molecular weight excluding hydrogens is 266 g/mol. The fourth-order valence-electron chi connectivity index (χ4n) is 2.34. The summed E-state index contributed by atoms with van der Waals surface area (Å²) in [5.41, 5.74) is -1.46. The Morgan fingerprint density at radius 3 is 1.05 bits per heavy atom. The molecule has 2 fully saturated rings. The number of hydrogen-bond acceptors (Lipinski definition) is 4. The molecule has 0 saturated carbocycles. The summed E-state index contributed by atoms with van der Waals surface area (Å²) in [6, 6.07) is 0. The normalized spacial score (nSPS) is 28.8. The van der Waals surface area contributed by atoms with Crippen molar-refractivity contribution in [3.05, 3.63) is 11.4 Å². The van der Waals surface area contributed by atoms with Gasteiger partial charge in [0.05, 0.1) is 22.4 Å². The van der Waals surface area contributed by atoms with Gasteiger partial charge in [0.2, 0.25) is 0 Å². The van der Waals surface area contributed by atoms with Crippen LogP contribution in [0.5, 0.6) is 0 Å². The molecule has 2 heterocycles. The Hall–Kier alpha value is -0.290. The molecule has 2 aliphatic heterocycles. The first-order valence-electron chi connectivity index (χ1n) is 7.70. The van der Waals surface area contributed by atoms with E-state index in [0.29, 0.717) is 0 Å². The van der Waals surface area contributed by atoms with Crippen LogP contribution in [-0.4, -0.2) is 36.6 Å². The fourth-order valence-corrected chi connectivity index (χ4v) is 2.34. The maximum atomic E-state index is 6.12. The highest BCUT2D eigenvalue weighted by Crippen LogP contribution is 2.43. The van der Waals surface area contributed by atoms with E-state index in [0.717, 1.165) is 5.37 Å². The van der Waals surface area contributed by atoms with E-state index >= 15 is 0 Å². The Labute approximate surface area is 129 Å². The molecule has 2 aliphatic rings. The number of hydrogen-bond donors (Lipinski definition) is 0. The van der Waals surface area contributed by atoms with Gasteiger partial charge in [0.1, 0.15) is 0 Å². The van der Waals surface area contributed by atoms with Crippen LogP contribution in [0.4, 0.5) is 0 Å². The maximum absolute atomic E-state index is 6.12. The molecule has 21 heavy (non-hydrogen) atoms. The van der Waals surface area contributed by atoms with E-state index in [1.165, 1.54) is 0 Å². The van der Waals surface area contributed by atoms with Crippen LogP contribution in [0.2, 0.25) is 0 Å². The molecule has 0 spiro atoms. The van der Waals surface area contributed by atoms with Crippen molar-refractivity contribution in [3.63, 3.8) is 0 Å². The van der Waals surface area contributed by atoms with Crippen LogP contribution in [0.15, 0.2) is 11.4 Å². The average Bonchev–Trinajstić information content (AvgIpc) is 2.58. The number of rotatable bonds is 2. The van der Waals surface area contributed by atoms with Crippen LogP contribution in [0.25, 0.3) is 0 Å². The third-order valence-electron chi connectivity index (χ3n) is 5.38. The molecule has 0 N–H and O–H groups in total. The van der Waals surface area contributed by atoms with Crippen LogP contribution in [0, 0.1) is 0 Å². The second kappa shape index (κ2) is 4.85. The standard InChI is InChI=1S/C15H28B2O4/c1-10-11(16-18-12(2,3)13(4,5)19-16)17-20-14(6,7)15(8,9)21-17/h10H,1-9H3. The lowest BCUT2D eigenvalue weighted by molar-refractivity contribution is 0.00578. The zero-order chi connectivity index (χ0) is 16.3. The Balaban J connectivity index is 2.21. The molecule has 0 aromatic carbocycles. The minimum atomic E-state index is -0.435. The van der Waals surface area contributed by atoms with Crippen molar-refractivity contribution >= 4 is 14.2 Å². The molecule has 0 aromatic heterocycles. The first kappa shape index (κ1) is 17.1. The van der Waals surface area contributed by atoms with Gasteiger partial charge in [0.15, 0.2) is 0 Å². The zero-order valence-electron chi connectivity index (χ0n) is 14.9. The van der Waals surface area contributed by atoms with Crippen molar-refractivity contribution in [2.75, 3.05) is 0 Å². The molecule has 0 aromatic rings. The monoisotopic (exact) mass is 294 g/mol. The van der Waals surface area contributed by atoms with Crippen LogP contribution >= 0.6 is 0 Å². The van der Waals surface area contributed by atoms with Crippen LogP contribution < -0.4 is 0 Å². The summed E-state index contributed by atoms with van der Waals surface area (Å²) < 4.78 is 24.5. The molecule has 0 bridgehead atoms. The van der Waals surface area contributed by atoms with Gasteiger partial charge in [-0.1, -0.05) is 6.08 Å². The van der Waals surface area contributed by atoms with E-state index in [-0.39, 0.29) is 22.4 Å². The maximum Gasteiger partial charge on any atom is 0.486 e. The largest absolute Gasteiger partial charge is 0.486 e. The summed E-state index contributed by atoms with van der Waals surface area (Å²) in [5, 5.41) is 0.896. The molecular formula is C15H28B2O4. The Morgan fingerprint density at radius 1 is 0.619 bits per heavy atom. The van der Waals surface area contributed by atoms with Crippen molar-refractivity contribution in [2.24, 2.45) is 0 Å². The van der Waals surface area contributed by atoms with Gasteiger partial charge in [-0.3, -0.25) is 0 Å². The predicted octanol–water partition coefficient (Wildman–Crippen LogP) is 3.20. The molecule has 0 aliphatic carbocycles. The molecule has 118 valence electrons. The summed E-state index contributed by atoms with van der Waals surface area (Å²) in [6.07, 6.45) is 1.98. The van der Waals surface area contributed by atoms with Crippen molar-refractivity contribution in [1.29, 1.82) is 0 Å². The number of allylic oxidation sites excluding steroid dienone is 1. The van der Waals surface area contributed by atoms with Gasteiger partial charge in [0, 0.05) is 0 Å². The Morgan fingerprint density at radius 2 is 0.857 bits per heavy atom. The first-order valence-corrected chi connectivity index (χ1v) is 7.70. The molecule has 0 unspecified atom stereocenters. The van der Waals surface area contributed by atoms with Crippen LogP contribution in [0.3, 0.4) is 0 Å². The van der Waals surface area contributed by atoms with E-state index in [4.69, 9.17) is 18.6 Å². The third kappa shape index (κ3) is 2.72. The smallest absolute Gasteiger partial charge is 0.400 e. The highest BCUT2D eigenvalue weighted by Gasteiger charge is 2.59. The Kier molecular flexibility index (Phi) is 3.94. The highest BCUT2D eigenvalue weighted by atomic mass is 16.7. The third-order valence-corrected chi connectivity index (χ3v) is 5.38. The second-order valence-corrected chi connectivity index (χ2v) is 7.97. The van der Waals surface area contributed by atoms with Gasteiger partial charge in [0.25, 0.3) is 0 Å². The van der Waals surface area contributed by atoms with Gasteiger partial charge in [-0.2, -0.15) is 0 Å². The van der Waals surface area contributed by atoms with Gasteiger partial charge in [-0.25, -0.2) is 0 Å². The van der Waals surface area contributed by atoms with Gasteiger partial charge < -0.3 is 18.6 Å². The lowest BCUT2D eigenvalue weighted by Crippen LogP contribution is -2.41. The second-order valence-electron chi connectivity index (χ2n) is 7.97. The van der Waals surface area contributed by atoms with Crippen LogP contribution in [0.1, 0.15) is 62.3 Å². The zero-order valence-corrected chi connectivity index (χ0v) is 14.9. The summed E-state index contributed by atoms with van der Waals surface area (Å²) in [5.74, 6) is 0. The van der Waals surface area contributed by atoms with Crippen molar-refractivity contribution in [1.82, 2.24) is 0 Å². The molecule has 0 atom stereocenters.